The third-order valence-electron chi connectivity index (χ3n) is 4.43. The Bertz CT molecular complexity index is 1120. The molecule has 0 aliphatic carbocycles. The Morgan fingerprint density at radius 2 is 1.87 bits per heavy atom. The smallest absolute Gasteiger partial charge is 0.261 e. The summed E-state index contributed by atoms with van der Waals surface area (Å²) >= 11 is 2.91. The Hall–Kier alpha value is -2.97. The topological polar surface area (TPSA) is 59.8 Å². The number of benzene rings is 2. The molecule has 0 aliphatic rings. The Labute approximate surface area is 182 Å². The minimum Gasteiger partial charge on any atom is -0.344 e. The number of thioether (sulfide) groups is 1. The summed E-state index contributed by atoms with van der Waals surface area (Å²) in [6, 6.07) is 18.1. The predicted octanol–water partition coefficient (Wildman–Crippen LogP) is 5.00. The van der Waals surface area contributed by atoms with E-state index >= 15 is 0 Å². The van der Waals surface area contributed by atoms with Crippen molar-refractivity contribution in [2.75, 3.05) is 0 Å². The SMILES string of the molecule is Cc1ccc(-n2c(CNC(=O)c3cccs3)nnc2SCc2ccc(F)cc2)cc1. The Balaban J connectivity index is 1.57. The molecule has 0 atom stereocenters. The number of hydrogen-bond donors (Lipinski definition) is 1. The van der Waals surface area contributed by atoms with E-state index in [1.165, 1.54) is 35.2 Å². The molecule has 1 amide bonds. The second kappa shape index (κ2) is 9.23. The third-order valence-corrected chi connectivity index (χ3v) is 6.29. The molecule has 0 saturated carbocycles. The Morgan fingerprint density at radius 3 is 2.57 bits per heavy atom. The first-order chi connectivity index (χ1) is 14.6. The summed E-state index contributed by atoms with van der Waals surface area (Å²) < 4.78 is 15.1. The number of carbonyl (C=O) groups is 1. The molecule has 5 nitrogen and oxygen atoms in total. The number of amides is 1. The first kappa shape index (κ1) is 20.3. The van der Waals surface area contributed by atoms with Gasteiger partial charge in [0, 0.05) is 11.4 Å². The first-order valence-corrected chi connectivity index (χ1v) is 11.2. The lowest BCUT2D eigenvalue weighted by Gasteiger charge is -2.11. The van der Waals surface area contributed by atoms with E-state index in [1.54, 1.807) is 18.2 Å². The quantitative estimate of drug-likeness (QED) is 0.413. The zero-order valence-corrected chi connectivity index (χ0v) is 17.8. The van der Waals surface area contributed by atoms with Crippen LogP contribution in [0.2, 0.25) is 0 Å². The maximum absolute atomic E-state index is 13.2. The molecule has 30 heavy (non-hydrogen) atoms. The summed E-state index contributed by atoms with van der Waals surface area (Å²) in [7, 11) is 0. The highest BCUT2D eigenvalue weighted by Crippen LogP contribution is 2.26. The van der Waals surface area contributed by atoms with Gasteiger partial charge in [-0.05, 0) is 48.2 Å². The van der Waals surface area contributed by atoms with Gasteiger partial charge < -0.3 is 5.32 Å². The van der Waals surface area contributed by atoms with E-state index in [2.05, 4.69) is 15.5 Å². The Kier molecular flexibility index (Phi) is 6.25. The highest BCUT2D eigenvalue weighted by Gasteiger charge is 2.16. The number of nitrogens with one attached hydrogen (secondary N) is 1. The van der Waals surface area contributed by atoms with Gasteiger partial charge >= 0.3 is 0 Å². The molecule has 0 bridgehead atoms. The van der Waals surface area contributed by atoms with Crippen LogP contribution in [-0.4, -0.2) is 20.7 Å². The number of carbonyl (C=O) groups excluding carboxylic acids is 1. The van der Waals surface area contributed by atoms with Gasteiger partial charge in [0.05, 0.1) is 11.4 Å². The highest BCUT2D eigenvalue weighted by molar-refractivity contribution is 7.98. The van der Waals surface area contributed by atoms with Crippen molar-refractivity contribution in [2.24, 2.45) is 0 Å². The van der Waals surface area contributed by atoms with E-state index in [-0.39, 0.29) is 18.3 Å². The van der Waals surface area contributed by atoms with Gasteiger partial charge in [-0.2, -0.15) is 0 Å². The van der Waals surface area contributed by atoms with Gasteiger partial charge in [-0.15, -0.1) is 21.5 Å². The second-order valence-corrected chi connectivity index (χ2v) is 8.54. The molecule has 0 unspecified atom stereocenters. The van der Waals surface area contributed by atoms with Crippen LogP contribution in [0.15, 0.2) is 71.2 Å². The highest BCUT2D eigenvalue weighted by atomic mass is 32.2. The minimum atomic E-state index is -0.254. The summed E-state index contributed by atoms with van der Waals surface area (Å²) in [6.45, 7) is 2.29. The van der Waals surface area contributed by atoms with E-state index < -0.39 is 0 Å². The van der Waals surface area contributed by atoms with Crippen LogP contribution < -0.4 is 5.32 Å². The van der Waals surface area contributed by atoms with Crippen molar-refractivity contribution >= 4 is 29.0 Å². The molecule has 2 aromatic carbocycles. The van der Waals surface area contributed by atoms with Crippen molar-refractivity contribution in [1.29, 1.82) is 0 Å². The minimum absolute atomic E-state index is 0.135. The predicted molar refractivity (Wildman–Crippen MR) is 118 cm³/mol. The fraction of sp³-hybridized carbons (Fsp3) is 0.136. The molecule has 4 rings (SSSR count). The molecular weight excluding hydrogens is 419 g/mol. The van der Waals surface area contributed by atoms with Crippen LogP contribution in [-0.2, 0) is 12.3 Å². The maximum Gasteiger partial charge on any atom is 0.261 e. The van der Waals surface area contributed by atoms with Crippen molar-refractivity contribution in [2.45, 2.75) is 24.4 Å². The molecule has 4 aromatic rings. The molecule has 0 fully saturated rings. The van der Waals surface area contributed by atoms with Crippen LogP contribution in [0.5, 0.6) is 0 Å². The molecule has 2 aromatic heterocycles. The lowest BCUT2D eigenvalue weighted by molar-refractivity contribution is 0.0953. The molecule has 0 saturated heterocycles. The summed E-state index contributed by atoms with van der Waals surface area (Å²) in [5.74, 6) is 0.885. The van der Waals surface area contributed by atoms with Crippen LogP contribution >= 0.6 is 23.1 Å². The van der Waals surface area contributed by atoms with Gasteiger partial charge in [0.1, 0.15) is 5.82 Å². The molecule has 152 valence electrons. The first-order valence-electron chi connectivity index (χ1n) is 9.30. The van der Waals surface area contributed by atoms with Crippen molar-refractivity contribution < 1.29 is 9.18 Å². The summed E-state index contributed by atoms with van der Waals surface area (Å²) in [5.41, 5.74) is 3.07. The van der Waals surface area contributed by atoms with Crippen molar-refractivity contribution in [3.05, 3.63) is 93.7 Å². The summed E-state index contributed by atoms with van der Waals surface area (Å²) in [5, 5.41) is 14.2. The molecule has 8 heteroatoms. The van der Waals surface area contributed by atoms with E-state index in [0.717, 1.165) is 16.8 Å². The lowest BCUT2D eigenvalue weighted by atomic mass is 10.2. The molecule has 2 heterocycles. The van der Waals surface area contributed by atoms with E-state index in [1.807, 2.05) is 47.2 Å². The number of thiophene rings is 1. The van der Waals surface area contributed by atoms with E-state index in [9.17, 15) is 9.18 Å². The summed E-state index contributed by atoms with van der Waals surface area (Å²) in [6.07, 6.45) is 0. The van der Waals surface area contributed by atoms with Crippen LogP contribution in [0.1, 0.15) is 26.6 Å². The van der Waals surface area contributed by atoms with Gasteiger partial charge in [-0.25, -0.2) is 4.39 Å². The molecule has 1 N–H and O–H groups in total. The summed E-state index contributed by atoms with van der Waals surface area (Å²) in [4.78, 5) is 13.0. The molecule has 0 radical (unpaired) electrons. The van der Waals surface area contributed by atoms with E-state index in [0.29, 0.717) is 21.6 Å². The number of aryl methyl sites for hydroxylation is 1. The van der Waals surface area contributed by atoms with Crippen molar-refractivity contribution in [1.82, 2.24) is 20.1 Å². The number of aromatic nitrogens is 3. The fourth-order valence-electron chi connectivity index (χ4n) is 2.84. The van der Waals surface area contributed by atoms with Crippen LogP contribution in [0.25, 0.3) is 5.69 Å². The molecule has 0 spiro atoms. The number of nitrogens with zero attached hydrogens (tertiary/aromatic N) is 3. The van der Waals surface area contributed by atoms with Crippen molar-refractivity contribution in [3.63, 3.8) is 0 Å². The van der Waals surface area contributed by atoms with Crippen LogP contribution in [0, 0.1) is 12.7 Å². The van der Waals surface area contributed by atoms with Gasteiger partial charge in [0.15, 0.2) is 11.0 Å². The van der Waals surface area contributed by atoms with Crippen LogP contribution in [0.3, 0.4) is 0 Å². The fourth-order valence-corrected chi connectivity index (χ4v) is 4.41. The van der Waals surface area contributed by atoms with Gasteiger partial charge in [-0.1, -0.05) is 47.7 Å². The number of halogens is 1. The zero-order chi connectivity index (χ0) is 20.9. The largest absolute Gasteiger partial charge is 0.344 e. The third kappa shape index (κ3) is 4.77. The average molecular weight is 439 g/mol. The van der Waals surface area contributed by atoms with Crippen LogP contribution in [0.4, 0.5) is 4.39 Å². The maximum atomic E-state index is 13.2. The van der Waals surface area contributed by atoms with Gasteiger partial charge in [0.25, 0.3) is 5.91 Å². The second-order valence-electron chi connectivity index (χ2n) is 6.64. The zero-order valence-electron chi connectivity index (χ0n) is 16.2. The molecular formula is C22H19FN4OS2. The monoisotopic (exact) mass is 438 g/mol. The standard InChI is InChI=1S/C22H19FN4OS2/c1-15-4-10-18(11-5-15)27-20(13-24-21(28)19-3-2-12-29-19)25-26-22(27)30-14-16-6-8-17(23)9-7-16/h2-12H,13-14H2,1H3,(H,24,28). The lowest BCUT2D eigenvalue weighted by Crippen LogP contribution is -2.23. The van der Waals surface area contributed by atoms with Gasteiger partial charge in [-0.3, -0.25) is 9.36 Å². The molecule has 0 aliphatic heterocycles. The van der Waals surface area contributed by atoms with E-state index in [4.69, 9.17) is 0 Å². The number of hydrogen-bond acceptors (Lipinski definition) is 5. The average Bonchev–Trinajstić information content (AvgIpc) is 3.43. The normalized spacial score (nSPS) is 10.9. The Morgan fingerprint density at radius 1 is 1.10 bits per heavy atom. The van der Waals surface area contributed by atoms with Crippen molar-refractivity contribution in [3.8, 4) is 5.69 Å². The number of rotatable bonds is 7. The van der Waals surface area contributed by atoms with Gasteiger partial charge in [0.2, 0.25) is 0 Å².